The van der Waals surface area contributed by atoms with Crippen molar-refractivity contribution in [3.63, 3.8) is 0 Å². The summed E-state index contributed by atoms with van der Waals surface area (Å²) in [7, 11) is 0. The smallest absolute Gasteiger partial charge is 0.249 e. The van der Waals surface area contributed by atoms with Gasteiger partial charge in [-0.1, -0.05) is 12.1 Å². The third-order valence-electron chi connectivity index (χ3n) is 3.47. The van der Waals surface area contributed by atoms with Gasteiger partial charge in [0.1, 0.15) is 5.82 Å². The predicted octanol–water partition coefficient (Wildman–Crippen LogP) is 3.06. The van der Waals surface area contributed by atoms with Crippen LogP contribution in [0.25, 0.3) is 22.0 Å². The Labute approximate surface area is 118 Å². The number of pyridine rings is 1. The molecular formula is C16H10FNO3. The molecule has 4 nitrogen and oxygen atoms in total. The highest BCUT2D eigenvalue weighted by Crippen LogP contribution is 2.38. The van der Waals surface area contributed by atoms with Gasteiger partial charge in [0, 0.05) is 17.5 Å². The van der Waals surface area contributed by atoms with Gasteiger partial charge in [0.25, 0.3) is 0 Å². The van der Waals surface area contributed by atoms with Crippen LogP contribution >= 0.6 is 0 Å². The minimum absolute atomic E-state index is 0.158. The quantitative estimate of drug-likeness (QED) is 0.746. The van der Waals surface area contributed by atoms with Gasteiger partial charge in [0.2, 0.25) is 12.4 Å². The number of halogens is 1. The normalized spacial score (nSPS) is 12.8. The van der Waals surface area contributed by atoms with E-state index in [2.05, 4.69) is 4.98 Å². The van der Waals surface area contributed by atoms with E-state index in [1.807, 2.05) is 0 Å². The average molecular weight is 283 g/mol. The van der Waals surface area contributed by atoms with Crippen molar-refractivity contribution in [1.29, 1.82) is 0 Å². The van der Waals surface area contributed by atoms with Crippen LogP contribution < -0.4 is 15.0 Å². The molecule has 0 unspecified atom stereocenters. The van der Waals surface area contributed by atoms with Crippen molar-refractivity contribution in [3.8, 4) is 22.6 Å². The van der Waals surface area contributed by atoms with Crippen LogP contribution in [0.4, 0.5) is 4.39 Å². The summed E-state index contributed by atoms with van der Waals surface area (Å²) in [6.07, 6.45) is 0. The lowest BCUT2D eigenvalue weighted by Gasteiger charge is -2.08. The summed E-state index contributed by atoms with van der Waals surface area (Å²) in [5.74, 6) is 0.864. The van der Waals surface area contributed by atoms with E-state index in [1.165, 1.54) is 18.2 Å². The molecule has 0 amide bonds. The van der Waals surface area contributed by atoms with E-state index >= 15 is 0 Å². The molecule has 0 atom stereocenters. The van der Waals surface area contributed by atoms with E-state index < -0.39 is 0 Å². The number of nitrogens with one attached hydrogen (secondary N) is 1. The molecule has 1 N–H and O–H groups in total. The van der Waals surface area contributed by atoms with Crippen molar-refractivity contribution >= 4 is 10.9 Å². The maximum absolute atomic E-state index is 13.4. The van der Waals surface area contributed by atoms with Crippen LogP contribution in [-0.4, -0.2) is 11.8 Å². The Morgan fingerprint density at radius 1 is 1.05 bits per heavy atom. The second-order valence-electron chi connectivity index (χ2n) is 4.81. The lowest BCUT2D eigenvalue weighted by atomic mass is 10.0. The summed E-state index contributed by atoms with van der Waals surface area (Å²) >= 11 is 0. The van der Waals surface area contributed by atoms with E-state index in [0.717, 1.165) is 5.39 Å². The van der Waals surface area contributed by atoms with Gasteiger partial charge in [-0.2, -0.15) is 0 Å². The number of hydrogen-bond acceptors (Lipinski definition) is 3. The lowest BCUT2D eigenvalue weighted by Crippen LogP contribution is -2.04. The van der Waals surface area contributed by atoms with Gasteiger partial charge in [-0.3, -0.25) is 4.79 Å². The molecule has 0 saturated carbocycles. The van der Waals surface area contributed by atoms with Gasteiger partial charge < -0.3 is 14.5 Å². The molecule has 3 aromatic rings. The highest BCUT2D eigenvalue weighted by Gasteiger charge is 2.17. The van der Waals surface area contributed by atoms with Crippen LogP contribution in [-0.2, 0) is 0 Å². The Bertz CT molecular complexity index is 917. The molecule has 104 valence electrons. The molecule has 0 spiro atoms. The average Bonchev–Trinajstić information content (AvgIpc) is 2.91. The molecule has 1 aromatic heterocycles. The van der Waals surface area contributed by atoms with E-state index in [0.29, 0.717) is 28.1 Å². The number of hydrogen-bond donors (Lipinski definition) is 1. The molecule has 2 heterocycles. The number of rotatable bonds is 1. The Kier molecular flexibility index (Phi) is 2.47. The largest absolute Gasteiger partial charge is 0.454 e. The fourth-order valence-corrected chi connectivity index (χ4v) is 2.54. The summed E-state index contributed by atoms with van der Waals surface area (Å²) in [5.41, 5.74) is 1.68. The van der Waals surface area contributed by atoms with Gasteiger partial charge >= 0.3 is 0 Å². The number of ether oxygens (including phenoxy) is 2. The minimum atomic E-state index is -0.346. The number of aromatic amines is 1. The maximum atomic E-state index is 13.4. The molecule has 0 saturated heterocycles. The Morgan fingerprint density at radius 3 is 2.67 bits per heavy atom. The first-order chi connectivity index (χ1) is 10.2. The monoisotopic (exact) mass is 283 g/mol. The van der Waals surface area contributed by atoms with Crippen molar-refractivity contribution in [2.45, 2.75) is 0 Å². The molecule has 1 aliphatic rings. The second-order valence-corrected chi connectivity index (χ2v) is 4.81. The van der Waals surface area contributed by atoms with Crippen LogP contribution in [0.1, 0.15) is 0 Å². The fraction of sp³-hybridized carbons (Fsp3) is 0.0625. The van der Waals surface area contributed by atoms with Gasteiger partial charge in [0.05, 0.1) is 5.52 Å². The minimum Gasteiger partial charge on any atom is -0.454 e. The zero-order valence-electron chi connectivity index (χ0n) is 10.9. The first-order valence-electron chi connectivity index (χ1n) is 6.43. The molecule has 5 heteroatoms. The number of benzene rings is 2. The summed E-state index contributed by atoms with van der Waals surface area (Å²) in [6.45, 7) is 0.158. The first-order valence-corrected chi connectivity index (χ1v) is 6.43. The molecule has 0 radical (unpaired) electrons. The SMILES string of the molecule is O=c1cc(-c2cccc(F)c2)c2cc3c(cc2[nH]1)OCO3. The highest BCUT2D eigenvalue weighted by molar-refractivity contribution is 5.96. The van der Waals surface area contributed by atoms with Crippen molar-refractivity contribution in [2.24, 2.45) is 0 Å². The second kappa shape index (κ2) is 4.34. The van der Waals surface area contributed by atoms with Crippen LogP contribution in [0.15, 0.2) is 47.3 Å². The number of aromatic nitrogens is 1. The van der Waals surface area contributed by atoms with E-state index in [1.54, 1.807) is 24.3 Å². The van der Waals surface area contributed by atoms with Gasteiger partial charge in [-0.25, -0.2) is 4.39 Å². The Morgan fingerprint density at radius 2 is 1.86 bits per heavy atom. The standard InChI is InChI=1S/C16H10FNO3/c17-10-3-1-2-9(4-10)11-6-16(19)18-13-7-15-14(5-12(11)13)20-8-21-15/h1-7H,8H2,(H,18,19). The fourth-order valence-electron chi connectivity index (χ4n) is 2.54. The predicted molar refractivity (Wildman–Crippen MR) is 76.1 cm³/mol. The van der Waals surface area contributed by atoms with E-state index in [4.69, 9.17) is 9.47 Å². The molecule has 0 fully saturated rings. The topological polar surface area (TPSA) is 51.3 Å². The number of fused-ring (bicyclic) bond motifs is 2. The van der Waals surface area contributed by atoms with Crippen LogP contribution in [0, 0.1) is 5.82 Å². The molecule has 0 bridgehead atoms. The summed E-state index contributed by atoms with van der Waals surface area (Å²) in [5, 5.41) is 0.782. The Hall–Kier alpha value is -2.82. The Balaban J connectivity index is 2.06. The molecule has 4 rings (SSSR count). The van der Waals surface area contributed by atoms with E-state index in [-0.39, 0.29) is 18.2 Å². The van der Waals surface area contributed by atoms with Gasteiger partial charge in [-0.15, -0.1) is 0 Å². The summed E-state index contributed by atoms with van der Waals surface area (Å²) in [4.78, 5) is 14.6. The highest BCUT2D eigenvalue weighted by atomic mass is 19.1. The van der Waals surface area contributed by atoms with Crippen molar-refractivity contribution in [1.82, 2.24) is 4.98 Å². The molecule has 1 aliphatic heterocycles. The van der Waals surface area contributed by atoms with Gasteiger partial charge in [0.15, 0.2) is 11.5 Å². The maximum Gasteiger partial charge on any atom is 0.249 e. The summed E-state index contributed by atoms with van der Waals surface area (Å²) < 4.78 is 24.1. The van der Waals surface area contributed by atoms with Crippen molar-refractivity contribution < 1.29 is 13.9 Å². The zero-order valence-corrected chi connectivity index (χ0v) is 10.9. The van der Waals surface area contributed by atoms with Gasteiger partial charge in [-0.05, 0) is 29.3 Å². The summed E-state index contributed by atoms with van der Waals surface area (Å²) in [6, 6.07) is 11.1. The van der Waals surface area contributed by atoms with Crippen molar-refractivity contribution in [2.75, 3.05) is 6.79 Å². The molecule has 2 aromatic carbocycles. The van der Waals surface area contributed by atoms with Crippen LogP contribution in [0.3, 0.4) is 0 Å². The van der Waals surface area contributed by atoms with Crippen LogP contribution in [0.2, 0.25) is 0 Å². The third kappa shape index (κ3) is 1.94. The van der Waals surface area contributed by atoms with E-state index in [9.17, 15) is 9.18 Å². The molecule has 0 aliphatic carbocycles. The molecule has 21 heavy (non-hydrogen) atoms. The zero-order chi connectivity index (χ0) is 14.4. The van der Waals surface area contributed by atoms with Crippen molar-refractivity contribution in [3.05, 3.63) is 58.6 Å². The first kappa shape index (κ1) is 12.0. The number of H-pyrrole nitrogens is 1. The lowest BCUT2D eigenvalue weighted by molar-refractivity contribution is 0.174. The third-order valence-corrected chi connectivity index (χ3v) is 3.47. The molecular weight excluding hydrogens is 273 g/mol. The van der Waals surface area contributed by atoms with Crippen LogP contribution in [0.5, 0.6) is 11.5 Å².